The minimum Gasteiger partial charge on any atom is -0.373 e. The number of nitrogens with zero attached hydrogens (tertiary/aromatic N) is 4. The van der Waals surface area contributed by atoms with Crippen molar-refractivity contribution in [2.45, 2.75) is 43.9 Å². The van der Waals surface area contributed by atoms with Gasteiger partial charge in [0.1, 0.15) is 18.2 Å². The number of aromatic nitrogens is 4. The molecule has 2 aromatic heterocycles. The van der Waals surface area contributed by atoms with Crippen molar-refractivity contribution < 1.29 is 18.0 Å². The van der Waals surface area contributed by atoms with E-state index in [1.54, 1.807) is 6.20 Å². The maximum absolute atomic E-state index is 13.2. The molecule has 3 aromatic rings. The number of benzene rings is 1. The number of amides is 1. The van der Waals surface area contributed by atoms with E-state index in [1.165, 1.54) is 12.4 Å². The molecule has 0 unspecified atom stereocenters. The van der Waals surface area contributed by atoms with Gasteiger partial charge in [-0.1, -0.05) is 11.6 Å². The van der Waals surface area contributed by atoms with Gasteiger partial charge in [0.05, 0.1) is 17.1 Å². The van der Waals surface area contributed by atoms with Crippen molar-refractivity contribution in [2.24, 2.45) is 5.92 Å². The van der Waals surface area contributed by atoms with Crippen LogP contribution in [-0.4, -0.2) is 51.2 Å². The average molecular weight is 494 g/mol. The van der Waals surface area contributed by atoms with E-state index < -0.39 is 17.8 Å². The molecule has 3 heterocycles. The standard InChI is InChI=1S/C22H23ClF3N7O/c23-14-6-13(22(24,25)26)7-16(8-14)30-18(12-3-4-12)21(34)31-15-2-1-5-33(10-15)20-17-9-29-32-19(17)27-11-28-20/h6-9,11-12,15,18,30H,1-5,10H2,(H,31,34)(H,27,28,29,32)/t15-,18-/m1/s1. The Hall–Kier alpha value is -3.08. The number of alkyl halides is 3. The number of fused-ring (bicyclic) bond motifs is 1. The Bertz CT molecular complexity index is 1200. The zero-order valence-electron chi connectivity index (χ0n) is 18.1. The quantitative estimate of drug-likeness (QED) is 0.480. The molecule has 1 saturated carbocycles. The zero-order chi connectivity index (χ0) is 23.9. The number of hydrogen-bond donors (Lipinski definition) is 3. The van der Waals surface area contributed by atoms with E-state index in [1.807, 2.05) is 0 Å². The summed E-state index contributed by atoms with van der Waals surface area (Å²) >= 11 is 5.91. The van der Waals surface area contributed by atoms with Gasteiger partial charge >= 0.3 is 6.18 Å². The summed E-state index contributed by atoms with van der Waals surface area (Å²) in [5.74, 6) is 0.604. The maximum atomic E-state index is 13.2. The largest absolute Gasteiger partial charge is 0.416 e. The highest BCUT2D eigenvalue weighted by molar-refractivity contribution is 6.31. The number of piperidine rings is 1. The van der Waals surface area contributed by atoms with Crippen LogP contribution in [0.25, 0.3) is 11.0 Å². The number of aromatic amines is 1. The molecule has 2 aliphatic rings. The molecule has 12 heteroatoms. The zero-order valence-corrected chi connectivity index (χ0v) is 18.8. The van der Waals surface area contributed by atoms with E-state index in [0.29, 0.717) is 12.2 Å². The second-order valence-electron chi connectivity index (χ2n) is 8.81. The number of anilines is 2. The second-order valence-corrected chi connectivity index (χ2v) is 9.25. The Labute approximate surface area is 198 Å². The molecule has 2 fully saturated rings. The lowest BCUT2D eigenvalue weighted by Crippen LogP contribution is -2.52. The van der Waals surface area contributed by atoms with Crippen LogP contribution in [0.4, 0.5) is 24.7 Å². The lowest BCUT2D eigenvalue weighted by molar-refractivity contribution is -0.137. The number of carbonyl (C=O) groups excluding carboxylic acids is 1. The van der Waals surface area contributed by atoms with Crippen LogP contribution < -0.4 is 15.5 Å². The van der Waals surface area contributed by atoms with Gasteiger partial charge in [-0.15, -0.1) is 0 Å². The Kier molecular flexibility index (Phi) is 5.97. The first-order valence-electron chi connectivity index (χ1n) is 11.1. The fourth-order valence-electron chi connectivity index (χ4n) is 4.43. The van der Waals surface area contributed by atoms with Crippen LogP contribution in [-0.2, 0) is 11.0 Å². The Morgan fingerprint density at radius 2 is 2.03 bits per heavy atom. The molecule has 1 aliphatic carbocycles. The number of nitrogens with one attached hydrogen (secondary N) is 3. The van der Waals surface area contributed by atoms with Crippen molar-refractivity contribution in [1.82, 2.24) is 25.5 Å². The molecular formula is C22H23ClF3N7O. The van der Waals surface area contributed by atoms with Crippen LogP contribution in [0.2, 0.25) is 5.02 Å². The van der Waals surface area contributed by atoms with Gasteiger partial charge < -0.3 is 15.5 Å². The van der Waals surface area contributed by atoms with Crippen LogP contribution in [0.1, 0.15) is 31.2 Å². The van der Waals surface area contributed by atoms with Gasteiger partial charge in [0.15, 0.2) is 5.65 Å². The van der Waals surface area contributed by atoms with E-state index in [4.69, 9.17) is 11.6 Å². The first-order valence-corrected chi connectivity index (χ1v) is 11.5. The summed E-state index contributed by atoms with van der Waals surface area (Å²) in [6.45, 7) is 1.35. The third-order valence-corrected chi connectivity index (χ3v) is 6.44. The molecule has 1 saturated heterocycles. The maximum Gasteiger partial charge on any atom is 0.416 e. The molecule has 0 spiro atoms. The predicted molar refractivity (Wildman–Crippen MR) is 122 cm³/mol. The molecule has 3 N–H and O–H groups in total. The third-order valence-electron chi connectivity index (χ3n) is 6.22. The van der Waals surface area contributed by atoms with E-state index in [9.17, 15) is 18.0 Å². The molecule has 1 amide bonds. The summed E-state index contributed by atoms with van der Waals surface area (Å²) in [5, 5.41) is 13.7. The summed E-state index contributed by atoms with van der Waals surface area (Å²) < 4.78 is 39.6. The molecule has 8 nitrogen and oxygen atoms in total. The van der Waals surface area contributed by atoms with Crippen molar-refractivity contribution in [2.75, 3.05) is 23.3 Å². The van der Waals surface area contributed by atoms with Crippen molar-refractivity contribution in [3.05, 3.63) is 41.3 Å². The molecule has 0 radical (unpaired) electrons. The lowest BCUT2D eigenvalue weighted by atomic mass is 10.0. The Balaban J connectivity index is 1.29. The molecule has 5 rings (SSSR count). The summed E-state index contributed by atoms with van der Waals surface area (Å²) in [5.41, 5.74) is -0.0230. The van der Waals surface area contributed by atoms with Gasteiger partial charge in [-0.2, -0.15) is 18.3 Å². The normalized spacial score (nSPS) is 19.8. The summed E-state index contributed by atoms with van der Waals surface area (Å²) in [6.07, 6.45) is 1.98. The fourth-order valence-corrected chi connectivity index (χ4v) is 4.66. The molecule has 1 aliphatic heterocycles. The van der Waals surface area contributed by atoms with Crippen molar-refractivity contribution in [3.8, 4) is 0 Å². The molecule has 2 atom stereocenters. The van der Waals surface area contributed by atoms with Gasteiger partial charge in [0, 0.05) is 29.8 Å². The monoisotopic (exact) mass is 493 g/mol. The predicted octanol–water partition coefficient (Wildman–Crippen LogP) is 4.00. The van der Waals surface area contributed by atoms with Gasteiger partial charge in [-0.3, -0.25) is 9.89 Å². The van der Waals surface area contributed by atoms with Crippen molar-refractivity contribution >= 4 is 40.0 Å². The minimum absolute atomic E-state index is 0.0365. The Morgan fingerprint density at radius 3 is 2.79 bits per heavy atom. The van der Waals surface area contributed by atoms with E-state index >= 15 is 0 Å². The number of carbonyl (C=O) groups is 1. The SMILES string of the molecule is O=C(N[C@@H]1CCCN(c2ncnc3[nH]ncc23)C1)[C@H](Nc1cc(Cl)cc(C(F)(F)F)c1)C1CC1. The van der Waals surface area contributed by atoms with E-state index in [2.05, 4.69) is 35.7 Å². The fraction of sp³-hybridized carbons (Fsp3) is 0.455. The van der Waals surface area contributed by atoms with Gasteiger partial charge in [-0.05, 0) is 49.8 Å². The van der Waals surface area contributed by atoms with Crippen LogP contribution in [0.5, 0.6) is 0 Å². The number of rotatable bonds is 6. The van der Waals surface area contributed by atoms with E-state index in [0.717, 1.165) is 55.6 Å². The van der Waals surface area contributed by atoms with Crippen molar-refractivity contribution in [1.29, 1.82) is 0 Å². The number of hydrogen-bond acceptors (Lipinski definition) is 6. The topological polar surface area (TPSA) is 98.8 Å². The van der Waals surface area contributed by atoms with E-state index in [-0.39, 0.29) is 28.6 Å². The summed E-state index contributed by atoms with van der Waals surface area (Å²) in [6, 6.07) is 2.52. The Morgan fingerprint density at radius 1 is 1.21 bits per heavy atom. The highest BCUT2D eigenvalue weighted by Gasteiger charge is 2.38. The first-order chi connectivity index (χ1) is 16.3. The smallest absolute Gasteiger partial charge is 0.373 e. The highest BCUT2D eigenvalue weighted by Crippen LogP contribution is 2.37. The summed E-state index contributed by atoms with van der Waals surface area (Å²) in [4.78, 5) is 23.9. The molecule has 0 bridgehead atoms. The minimum atomic E-state index is -4.52. The van der Waals surface area contributed by atoms with Crippen LogP contribution in [0.3, 0.4) is 0 Å². The number of H-pyrrole nitrogens is 1. The molecule has 1 aromatic carbocycles. The van der Waals surface area contributed by atoms with Crippen LogP contribution in [0.15, 0.2) is 30.7 Å². The highest BCUT2D eigenvalue weighted by atomic mass is 35.5. The third kappa shape index (κ3) is 4.89. The average Bonchev–Trinajstić information content (AvgIpc) is 3.51. The van der Waals surface area contributed by atoms with Crippen molar-refractivity contribution in [3.63, 3.8) is 0 Å². The molecule has 180 valence electrons. The summed E-state index contributed by atoms with van der Waals surface area (Å²) in [7, 11) is 0. The first kappa shape index (κ1) is 22.7. The number of halogens is 4. The lowest BCUT2D eigenvalue weighted by Gasteiger charge is -2.35. The van der Waals surface area contributed by atoms with Crippen LogP contribution in [0, 0.1) is 5.92 Å². The van der Waals surface area contributed by atoms with Gasteiger partial charge in [-0.25, -0.2) is 9.97 Å². The van der Waals surface area contributed by atoms with Crippen LogP contribution >= 0.6 is 11.6 Å². The second kappa shape index (κ2) is 8.94. The van der Waals surface area contributed by atoms with Gasteiger partial charge in [0.25, 0.3) is 0 Å². The molecular weight excluding hydrogens is 471 g/mol. The molecule has 34 heavy (non-hydrogen) atoms. The van der Waals surface area contributed by atoms with Gasteiger partial charge in [0.2, 0.25) is 5.91 Å².